The second-order valence-electron chi connectivity index (χ2n) is 4.68. The highest BCUT2D eigenvalue weighted by Crippen LogP contribution is 2.14. The van der Waals surface area contributed by atoms with Gasteiger partial charge >= 0.3 is 0 Å². The van der Waals surface area contributed by atoms with Gasteiger partial charge in [0.15, 0.2) is 0 Å². The largest absolute Gasteiger partial charge is 0.481 e. The Kier molecular flexibility index (Phi) is 4.64. The summed E-state index contributed by atoms with van der Waals surface area (Å²) in [5, 5.41) is 0. The number of rotatable bonds is 3. The molecule has 0 saturated carbocycles. The van der Waals surface area contributed by atoms with Crippen molar-refractivity contribution in [2.45, 2.75) is 19.8 Å². The van der Waals surface area contributed by atoms with Crippen molar-refractivity contribution in [2.24, 2.45) is 0 Å². The first kappa shape index (κ1) is 13.2. The van der Waals surface area contributed by atoms with E-state index in [9.17, 15) is 0 Å². The van der Waals surface area contributed by atoms with Crippen molar-refractivity contribution in [3.05, 3.63) is 65.7 Å². The molecule has 1 heteroatoms. The minimum Gasteiger partial charge on any atom is -0.481 e. The molecule has 0 spiro atoms. The molecule has 2 aromatic carbocycles. The van der Waals surface area contributed by atoms with Crippen molar-refractivity contribution >= 4 is 0 Å². The molecular formula is C18H18O. The van der Waals surface area contributed by atoms with E-state index in [1.165, 1.54) is 5.56 Å². The zero-order valence-corrected chi connectivity index (χ0v) is 11.4. The van der Waals surface area contributed by atoms with Gasteiger partial charge in [0.1, 0.15) is 12.4 Å². The maximum absolute atomic E-state index is 5.53. The fraction of sp³-hybridized carbons (Fsp3) is 0.222. The summed E-state index contributed by atoms with van der Waals surface area (Å²) in [5.74, 6) is 7.56. The predicted molar refractivity (Wildman–Crippen MR) is 79.3 cm³/mol. The minimum atomic E-state index is 0.413. The molecule has 0 N–H and O–H groups in total. The van der Waals surface area contributed by atoms with Crippen LogP contribution in [0.5, 0.6) is 5.75 Å². The molecule has 0 radical (unpaired) electrons. The highest BCUT2D eigenvalue weighted by molar-refractivity contribution is 5.38. The second-order valence-corrected chi connectivity index (χ2v) is 4.68. The first-order valence-corrected chi connectivity index (χ1v) is 6.52. The Morgan fingerprint density at radius 3 is 2.53 bits per heavy atom. The van der Waals surface area contributed by atoms with Gasteiger partial charge in [-0.15, -0.1) is 0 Å². The van der Waals surface area contributed by atoms with Crippen LogP contribution in [0.4, 0.5) is 0 Å². The van der Waals surface area contributed by atoms with Crippen LogP contribution in [0.1, 0.15) is 30.9 Å². The molecular weight excluding hydrogens is 232 g/mol. The fourth-order valence-corrected chi connectivity index (χ4v) is 1.75. The predicted octanol–water partition coefficient (Wildman–Crippen LogP) is 4.24. The van der Waals surface area contributed by atoms with Crippen LogP contribution in [0.15, 0.2) is 54.6 Å². The van der Waals surface area contributed by atoms with Gasteiger partial charge in [0.05, 0.1) is 0 Å². The van der Waals surface area contributed by atoms with Crippen LogP contribution < -0.4 is 4.74 Å². The van der Waals surface area contributed by atoms with Crippen molar-refractivity contribution in [1.29, 1.82) is 0 Å². The Morgan fingerprint density at radius 2 is 1.79 bits per heavy atom. The van der Waals surface area contributed by atoms with Crippen molar-refractivity contribution < 1.29 is 4.74 Å². The minimum absolute atomic E-state index is 0.413. The summed E-state index contributed by atoms with van der Waals surface area (Å²) in [4.78, 5) is 0. The van der Waals surface area contributed by atoms with Crippen LogP contribution in [0, 0.1) is 11.8 Å². The first-order chi connectivity index (χ1) is 9.25. The highest BCUT2D eigenvalue weighted by Gasteiger charge is 1.98. The Morgan fingerprint density at radius 1 is 1.00 bits per heavy atom. The molecule has 0 aliphatic rings. The molecule has 0 amide bonds. The van der Waals surface area contributed by atoms with Gasteiger partial charge in [-0.2, -0.15) is 0 Å². The van der Waals surface area contributed by atoms with E-state index < -0.39 is 0 Å². The van der Waals surface area contributed by atoms with Gasteiger partial charge in [-0.05, 0) is 35.7 Å². The van der Waals surface area contributed by atoms with Gasteiger partial charge in [-0.25, -0.2) is 0 Å². The van der Waals surface area contributed by atoms with Crippen molar-refractivity contribution in [2.75, 3.05) is 6.61 Å². The maximum atomic E-state index is 5.53. The summed E-state index contributed by atoms with van der Waals surface area (Å²) >= 11 is 0. The van der Waals surface area contributed by atoms with Crippen LogP contribution >= 0.6 is 0 Å². The van der Waals surface area contributed by atoms with Gasteiger partial charge in [0.2, 0.25) is 0 Å². The molecule has 2 aromatic rings. The molecule has 0 saturated heterocycles. The molecule has 0 atom stereocenters. The zero-order chi connectivity index (χ0) is 13.5. The van der Waals surface area contributed by atoms with Gasteiger partial charge in [-0.1, -0.05) is 56.0 Å². The molecule has 96 valence electrons. The van der Waals surface area contributed by atoms with Crippen LogP contribution in [0.3, 0.4) is 0 Å². The SMILES string of the molecule is CC(C)c1cccc(C#CCOc2ccccc2)c1. The lowest BCUT2D eigenvalue weighted by Gasteiger charge is -2.04. The Hall–Kier alpha value is -2.20. The lowest BCUT2D eigenvalue weighted by atomic mass is 10.0. The van der Waals surface area contributed by atoms with Gasteiger partial charge < -0.3 is 4.74 Å². The van der Waals surface area contributed by atoms with Crippen LogP contribution in [0.2, 0.25) is 0 Å². The molecule has 0 heterocycles. The monoisotopic (exact) mass is 250 g/mol. The second kappa shape index (κ2) is 6.66. The maximum Gasteiger partial charge on any atom is 0.149 e. The quantitative estimate of drug-likeness (QED) is 0.740. The topological polar surface area (TPSA) is 9.23 Å². The number of hydrogen-bond acceptors (Lipinski definition) is 1. The van der Waals surface area contributed by atoms with E-state index >= 15 is 0 Å². The van der Waals surface area contributed by atoms with E-state index in [2.05, 4.69) is 43.9 Å². The molecule has 0 aromatic heterocycles. The number of ether oxygens (including phenoxy) is 1. The first-order valence-electron chi connectivity index (χ1n) is 6.52. The summed E-state index contributed by atoms with van der Waals surface area (Å²) in [6.07, 6.45) is 0. The smallest absolute Gasteiger partial charge is 0.149 e. The average Bonchev–Trinajstić information content (AvgIpc) is 2.45. The molecule has 19 heavy (non-hydrogen) atoms. The zero-order valence-electron chi connectivity index (χ0n) is 11.4. The Bertz CT molecular complexity index is 573. The van der Waals surface area contributed by atoms with E-state index in [-0.39, 0.29) is 0 Å². The van der Waals surface area contributed by atoms with Gasteiger partial charge in [0, 0.05) is 5.56 Å². The fourth-order valence-electron chi connectivity index (χ4n) is 1.75. The van der Waals surface area contributed by atoms with E-state index in [1.807, 2.05) is 36.4 Å². The molecule has 0 fully saturated rings. The van der Waals surface area contributed by atoms with Crippen molar-refractivity contribution in [3.63, 3.8) is 0 Å². The lowest BCUT2D eigenvalue weighted by molar-refractivity contribution is 0.370. The standard InChI is InChI=1S/C18H18O/c1-15(2)17-10-6-8-16(14-17)9-7-13-19-18-11-4-3-5-12-18/h3-6,8,10-12,14-15H,13H2,1-2H3. The number of hydrogen-bond donors (Lipinski definition) is 0. The Balaban J connectivity index is 1.95. The molecule has 0 unspecified atom stereocenters. The summed E-state index contributed by atoms with van der Waals surface area (Å²) in [7, 11) is 0. The van der Waals surface area contributed by atoms with Crippen LogP contribution in [-0.4, -0.2) is 6.61 Å². The van der Waals surface area contributed by atoms with Crippen molar-refractivity contribution in [1.82, 2.24) is 0 Å². The molecule has 0 bridgehead atoms. The molecule has 0 aliphatic carbocycles. The number of para-hydroxylation sites is 1. The van der Waals surface area contributed by atoms with E-state index in [1.54, 1.807) is 0 Å². The Labute approximate surface area is 115 Å². The third-order valence-corrected chi connectivity index (χ3v) is 2.84. The van der Waals surface area contributed by atoms with E-state index in [4.69, 9.17) is 4.74 Å². The summed E-state index contributed by atoms with van der Waals surface area (Å²) < 4.78 is 5.53. The third kappa shape index (κ3) is 4.19. The van der Waals surface area contributed by atoms with Crippen LogP contribution in [-0.2, 0) is 0 Å². The van der Waals surface area contributed by atoms with Gasteiger partial charge in [-0.3, -0.25) is 0 Å². The van der Waals surface area contributed by atoms with Crippen molar-refractivity contribution in [3.8, 4) is 17.6 Å². The molecule has 1 nitrogen and oxygen atoms in total. The molecule has 2 rings (SSSR count). The number of benzene rings is 2. The highest BCUT2D eigenvalue weighted by atomic mass is 16.5. The summed E-state index contributed by atoms with van der Waals surface area (Å²) in [6.45, 7) is 4.78. The van der Waals surface area contributed by atoms with Gasteiger partial charge in [0.25, 0.3) is 0 Å². The third-order valence-electron chi connectivity index (χ3n) is 2.84. The lowest BCUT2D eigenvalue weighted by Crippen LogP contribution is -1.93. The normalized spacial score (nSPS) is 9.84. The summed E-state index contributed by atoms with van der Waals surface area (Å²) in [5.41, 5.74) is 2.36. The van der Waals surface area contributed by atoms with Crippen LogP contribution in [0.25, 0.3) is 0 Å². The summed E-state index contributed by atoms with van der Waals surface area (Å²) in [6, 6.07) is 18.1. The molecule has 0 aliphatic heterocycles. The average molecular weight is 250 g/mol. The van der Waals surface area contributed by atoms with E-state index in [0.29, 0.717) is 12.5 Å². The van der Waals surface area contributed by atoms with E-state index in [0.717, 1.165) is 11.3 Å².